The van der Waals surface area contributed by atoms with Gasteiger partial charge in [-0.3, -0.25) is 0 Å². The highest BCUT2D eigenvalue weighted by molar-refractivity contribution is 5.62. The number of nitrogens with one attached hydrogen (secondary N) is 1. The largest absolute Gasteiger partial charge is 0.472 e. The van der Waals surface area contributed by atoms with E-state index in [1.54, 1.807) is 12.5 Å². The molecule has 0 unspecified atom stereocenters. The van der Waals surface area contributed by atoms with Crippen LogP contribution in [0.25, 0.3) is 11.1 Å². The van der Waals surface area contributed by atoms with E-state index in [-0.39, 0.29) is 0 Å². The minimum atomic E-state index is 0.762. The molecule has 0 saturated heterocycles. The molecule has 2 aromatic rings. The number of benzene rings is 1. The van der Waals surface area contributed by atoms with E-state index in [4.69, 9.17) is 4.42 Å². The Kier molecular flexibility index (Phi) is 2.50. The molecule has 1 N–H and O–H groups in total. The molecular weight excluding hydrogens is 198 g/mol. The second-order valence-corrected chi connectivity index (χ2v) is 4.37. The Bertz CT molecular complexity index is 457. The molecule has 1 aliphatic rings. The van der Waals surface area contributed by atoms with Gasteiger partial charge in [0.15, 0.2) is 0 Å². The lowest BCUT2D eigenvalue weighted by Gasteiger charge is -2.04. The van der Waals surface area contributed by atoms with Crippen LogP contribution in [0.15, 0.2) is 47.3 Å². The van der Waals surface area contributed by atoms with E-state index in [0.29, 0.717) is 0 Å². The van der Waals surface area contributed by atoms with Crippen molar-refractivity contribution in [1.29, 1.82) is 0 Å². The summed E-state index contributed by atoms with van der Waals surface area (Å²) in [5.74, 6) is 0. The van der Waals surface area contributed by atoms with Gasteiger partial charge in [0.25, 0.3) is 0 Å². The molecule has 1 saturated carbocycles. The summed E-state index contributed by atoms with van der Waals surface area (Å²) in [6.07, 6.45) is 6.17. The van der Waals surface area contributed by atoms with Crippen molar-refractivity contribution in [2.24, 2.45) is 0 Å². The summed E-state index contributed by atoms with van der Waals surface area (Å²) in [6.45, 7) is 0.969. The molecule has 82 valence electrons. The molecule has 16 heavy (non-hydrogen) atoms. The van der Waals surface area contributed by atoms with Crippen LogP contribution in [0.1, 0.15) is 18.4 Å². The molecule has 3 rings (SSSR count). The van der Waals surface area contributed by atoms with Gasteiger partial charge in [-0.05, 0) is 36.1 Å². The number of hydrogen-bond acceptors (Lipinski definition) is 2. The van der Waals surface area contributed by atoms with Crippen LogP contribution in [0.4, 0.5) is 0 Å². The van der Waals surface area contributed by atoms with Gasteiger partial charge in [0.1, 0.15) is 0 Å². The van der Waals surface area contributed by atoms with E-state index in [1.165, 1.54) is 24.0 Å². The zero-order chi connectivity index (χ0) is 10.8. The number of rotatable bonds is 4. The Morgan fingerprint density at radius 1 is 1.19 bits per heavy atom. The first-order valence-corrected chi connectivity index (χ1v) is 5.77. The molecule has 1 aromatic carbocycles. The van der Waals surface area contributed by atoms with Crippen molar-refractivity contribution < 1.29 is 4.42 Å². The fraction of sp³-hybridized carbons (Fsp3) is 0.286. The quantitative estimate of drug-likeness (QED) is 0.843. The van der Waals surface area contributed by atoms with Crippen LogP contribution >= 0.6 is 0 Å². The molecule has 0 atom stereocenters. The van der Waals surface area contributed by atoms with Crippen molar-refractivity contribution >= 4 is 0 Å². The zero-order valence-electron chi connectivity index (χ0n) is 9.15. The molecule has 1 fully saturated rings. The van der Waals surface area contributed by atoms with Gasteiger partial charge in [-0.25, -0.2) is 0 Å². The summed E-state index contributed by atoms with van der Waals surface area (Å²) in [5, 5.41) is 3.52. The molecule has 0 bridgehead atoms. The van der Waals surface area contributed by atoms with Crippen LogP contribution in [0, 0.1) is 0 Å². The first-order valence-electron chi connectivity index (χ1n) is 5.77. The summed E-state index contributed by atoms with van der Waals surface area (Å²) in [6, 6.07) is 11.4. The Morgan fingerprint density at radius 2 is 2.12 bits per heavy atom. The predicted octanol–water partition coefficient (Wildman–Crippen LogP) is 3.20. The summed E-state index contributed by atoms with van der Waals surface area (Å²) >= 11 is 0. The van der Waals surface area contributed by atoms with Gasteiger partial charge in [-0.15, -0.1) is 0 Å². The fourth-order valence-corrected chi connectivity index (χ4v) is 1.84. The Labute approximate surface area is 95.3 Å². The van der Waals surface area contributed by atoms with E-state index in [1.807, 2.05) is 6.07 Å². The Morgan fingerprint density at radius 3 is 2.88 bits per heavy atom. The molecule has 0 aliphatic heterocycles. The van der Waals surface area contributed by atoms with Gasteiger partial charge in [0.05, 0.1) is 12.5 Å². The lowest BCUT2D eigenvalue weighted by atomic mass is 10.1. The molecule has 0 amide bonds. The molecule has 1 aromatic heterocycles. The average Bonchev–Trinajstić information content (AvgIpc) is 2.99. The topological polar surface area (TPSA) is 25.2 Å². The van der Waals surface area contributed by atoms with E-state index >= 15 is 0 Å². The van der Waals surface area contributed by atoms with Crippen LogP contribution in [-0.2, 0) is 6.54 Å². The fourth-order valence-electron chi connectivity index (χ4n) is 1.84. The molecule has 2 heteroatoms. The number of hydrogen-bond donors (Lipinski definition) is 1. The van der Waals surface area contributed by atoms with Crippen molar-refractivity contribution in [2.75, 3.05) is 0 Å². The second-order valence-electron chi connectivity index (χ2n) is 4.37. The molecule has 1 heterocycles. The third-order valence-electron chi connectivity index (χ3n) is 2.95. The zero-order valence-corrected chi connectivity index (χ0v) is 9.15. The van der Waals surface area contributed by atoms with E-state index in [2.05, 4.69) is 29.6 Å². The van der Waals surface area contributed by atoms with Crippen molar-refractivity contribution in [2.45, 2.75) is 25.4 Å². The van der Waals surface area contributed by atoms with Gasteiger partial charge in [-0.2, -0.15) is 0 Å². The number of furan rings is 1. The van der Waals surface area contributed by atoms with Crippen molar-refractivity contribution in [3.8, 4) is 11.1 Å². The normalized spacial score (nSPS) is 15.2. The first-order chi connectivity index (χ1) is 7.92. The second kappa shape index (κ2) is 4.14. The third-order valence-corrected chi connectivity index (χ3v) is 2.95. The van der Waals surface area contributed by atoms with Gasteiger partial charge in [-0.1, -0.05) is 18.2 Å². The minimum absolute atomic E-state index is 0.762. The first kappa shape index (κ1) is 9.67. The van der Waals surface area contributed by atoms with Gasteiger partial charge >= 0.3 is 0 Å². The summed E-state index contributed by atoms with van der Waals surface area (Å²) < 4.78 is 5.10. The Balaban J connectivity index is 1.76. The van der Waals surface area contributed by atoms with Crippen molar-refractivity contribution in [1.82, 2.24) is 5.32 Å². The average molecular weight is 213 g/mol. The summed E-state index contributed by atoms with van der Waals surface area (Å²) in [5.41, 5.74) is 3.71. The molecule has 0 spiro atoms. The molecule has 2 nitrogen and oxygen atoms in total. The molecule has 0 radical (unpaired) electrons. The smallest absolute Gasteiger partial charge is 0.0980 e. The van der Waals surface area contributed by atoms with E-state index in [9.17, 15) is 0 Å². The summed E-state index contributed by atoms with van der Waals surface area (Å²) in [4.78, 5) is 0. The van der Waals surface area contributed by atoms with Crippen LogP contribution in [-0.4, -0.2) is 6.04 Å². The van der Waals surface area contributed by atoms with Gasteiger partial charge in [0.2, 0.25) is 0 Å². The van der Waals surface area contributed by atoms with Crippen LogP contribution in [0.5, 0.6) is 0 Å². The van der Waals surface area contributed by atoms with Crippen LogP contribution < -0.4 is 5.32 Å². The molecule has 1 aliphatic carbocycles. The maximum atomic E-state index is 5.10. The highest BCUT2D eigenvalue weighted by Gasteiger charge is 2.19. The molecular formula is C14H15NO. The maximum absolute atomic E-state index is 5.10. The summed E-state index contributed by atoms with van der Waals surface area (Å²) in [7, 11) is 0. The van der Waals surface area contributed by atoms with Crippen LogP contribution in [0.3, 0.4) is 0 Å². The highest BCUT2D eigenvalue weighted by Crippen LogP contribution is 2.22. The monoisotopic (exact) mass is 213 g/mol. The van der Waals surface area contributed by atoms with E-state index in [0.717, 1.165) is 18.2 Å². The van der Waals surface area contributed by atoms with Crippen molar-refractivity contribution in [3.05, 3.63) is 48.4 Å². The SMILES string of the molecule is c1cc(CNC2CC2)cc(-c2ccoc2)c1. The highest BCUT2D eigenvalue weighted by atomic mass is 16.3. The minimum Gasteiger partial charge on any atom is -0.472 e. The van der Waals surface area contributed by atoms with Gasteiger partial charge in [0, 0.05) is 18.2 Å². The Hall–Kier alpha value is -1.54. The maximum Gasteiger partial charge on any atom is 0.0980 e. The predicted molar refractivity (Wildman–Crippen MR) is 64.0 cm³/mol. The lowest BCUT2D eigenvalue weighted by Crippen LogP contribution is -2.15. The third kappa shape index (κ3) is 2.17. The van der Waals surface area contributed by atoms with E-state index < -0.39 is 0 Å². The van der Waals surface area contributed by atoms with Crippen molar-refractivity contribution in [3.63, 3.8) is 0 Å². The van der Waals surface area contributed by atoms with Gasteiger partial charge < -0.3 is 9.73 Å². The lowest BCUT2D eigenvalue weighted by molar-refractivity contribution is 0.568. The standard InChI is InChI=1S/C14H15NO/c1-2-11(9-15-14-4-5-14)8-12(3-1)13-6-7-16-10-13/h1-3,6-8,10,14-15H,4-5,9H2. The van der Waals surface area contributed by atoms with Crippen LogP contribution in [0.2, 0.25) is 0 Å².